The summed E-state index contributed by atoms with van der Waals surface area (Å²) in [4.78, 5) is 0. The van der Waals surface area contributed by atoms with Gasteiger partial charge in [-0.15, -0.1) is 0 Å². The standard InChI is InChI=1S/C16H23NO2/c1-4-15-13(9-17-14(10-18)11(2)3)12-7-5-6-8-16(12)19-15/h5-8,11,14,17-18H,4,9-10H2,1-3H3. The summed E-state index contributed by atoms with van der Waals surface area (Å²) in [6, 6.07) is 8.25. The number of hydrogen-bond donors (Lipinski definition) is 2. The molecule has 0 radical (unpaired) electrons. The van der Waals surface area contributed by atoms with Crippen molar-refractivity contribution in [2.75, 3.05) is 6.61 Å². The molecule has 0 aliphatic carbocycles. The molecule has 2 N–H and O–H groups in total. The number of hydrogen-bond acceptors (Lipinski definition) is 3. The molecule has 0 saturated carbocycles. The first-order chi connectivity index (χ1) is 9.17. The zero-order valence-electron chi connectivity index (χ0n) is 11.9. The average Bonchev–Trinajstić information content (AvgIpc) is 2.77. The third-order valence-corrected chi connectivity index (χ3v) is 3.65. The van der Waals surface area contributed by atoms with Crippen LogP contribution in [-0.4, -0.2) is 17.8 Å². The minimum absolute atomic E-state index is 0.123. The number of aliphatic hydroxyl groups excluding tert-OH is 1. The van der Waals surface area contributed by atoms with Crippen LogP contribution in [0.1, 0.15) is 32.1 Å². The third kappa shape index (κ3) is 2.99. The molecule has 104 valence electrons. The molecule has 1 unspecified atom stereocenters. The van der Waals surface area contributed by atoms with Crippen LogP contribution in [0.5, 0.6) is 0 Å². The summed E-state index contributed by atoms with van der Waals surface area (Å²) < 4.78 is 5.87. The summed E-state index contributed by atoms with van der Waals surface area (Å²) in [5.74, 6) is 1.45. The number of rotatable bonds is 6. The molecular formula is C16H23NO2. The van der Waals surface area contributed by atoms with Crippen LogP contribution in [0.4, 0.5) is 0 Å². The fourth-order valence-corrected chi connectivity index (χ4v) is 2.37. The van der Waals surface area contributed by atoms with Crippen LogP contribution in [0.25, 0.3) is 11.0 Å². The zero-order valence-corrected chi connectivity index (χ0v) is 11.9. The van der Waals surface area contributed by atoms with Crippen molar-refractivity contribution in [1.82, 2.24) is 5.32 Å². The van der Waals surface area contributed by atoms with Crippen molar-refractivity contribution in [3.05, 3.63) is 35.6 Å². The van der Waals surface area contributed by atoms with E-state index in [1.165, 1.54) is 10.9 Å². The van der Waals surface area contributed by atoms with E-state index in [4.69, 9.17) is 4.42 Å². The smallest absolute Gasteiger partial charge is 0.134 e. The van der Waals surface area contributed by atoms with Crippen molar-refractivity contribution in [2.24, 2.45) is 5.92 Å². The highest BCUT2D eigenvalue weighted by molar-refractivity contribution is 5.82. The predicted molar refractivity (Wildman–Crippen MR) is 78.1 cm³/mol. The van der Waals surface area contributed by atoms with Crippen LogP contribution in [0, 0.1) is 5.92 Å². The Morgan fingerprint density at radius 1 is 1.26 bits per heavy atom. The highest BCUT2D eigenvalue weighted by Gasteiger charge is 2.16. The minimum Gasteiger partial charge on any atom is -0.461 e. The summed E-state index contributed by atoms with van der Waals surface area (Å²) in [7, 11) is 0. The van der Waals surface area contributed by atoms with Gasteiger partial charge in [-0.3, -0.25) is 0 Å². The number of fused-ring (bicyclic) bond motifs is 1. The molecule has 3 heteroatoms. The number of benzene rings is 1. The van der Waals surface area contributed by atoms with Crippen LogP contribution in [-0.2, 0) is 13.0 Å². The van der Waals surface area contributed by atoms with Crippen molar-refractivity contribution in [3.63, 3.8) is 0 Å². The van der Waals surface area contributed by atoms with Crippen LogP contribution in [0.3, 0.4) is 0 Å². The van der Waals surface area contributed by atoms with Gasteiger partial charge in [-0.2, -0.15) is 0 Å². The van der Waals surface area contributed by atoms with E-state index in [-0.39, 0.29) is 12.6 Å². The van der Waals surface area contributed by atoms with Crippen molar-refractivity contribution < 1.29 is 9.52 Å². The normalized spacial score (nSPS) is 13.3. The monoisotopic (exact) mass is 261 g/mol. The molecule has 19 heavy (non-hydrogen) atoms. The molecule has 1 heterocycles. The van der Waals surface area contributed by atoms with Crippen LogP contribution >= 0.6 is 0 Å². The lowest BCUT2D eigenvalue weighted by Gasteiger charge is -2.19. The molecule has 0 bridgehead atoms. The molecule has 1 atom stereocenters. The molecule has 2 aromatic rings. The Bertz CT molecular complexity index is 531. The first-order valence-electron chi connectivity index (χ1n) is 7.00. The van der Waals surface area contributed by atoms with E-state index in [2.05, 4.69) is 32.2 Å². The van der Waals surface area contributed by atoms with Gasteiger partial charge in [-0.1, -0.05) is 39.0 Å². The van der Waals surface area contributed by atoms with Gasteiger partial charge in [0.25, 0.3) is 0 Å². The number of aryl methyl sites for hydroxylation is 1. The van der Waals surface area contributed by atoms with Gasteiger partial charge in [0.15, 0.2) is 0 Å². The SMILES string of the molecule is CCc1oc2ccccc2c1CNC(CO)C(C)C. The van der Waals surface area contributed by atoms with E-state index in [1.807, 2.05) is 18.2 Å². The maximum Gasteiger partial charge on any atom is 0.134 e. The Morgan fingerprint density at radius 2 is 2.00 bits per heavy atom. The van der Waals surface area contributed by atoms with E-state index in [1.54, 1.807) is 0 Å². The molecular weight excluding hydrogens is 238 g/mol. The minimum atomic E-state index is 0.123. The summed E-state index contributed by atoms with van der Waals surface area (Å²) in [6.07, 6.45) is 0.886. The van der Waals surface area contributed by atoms with E-state index >= 15 is 0 Å². The molecule has 0 spiro atoms. The van der Waals surface area contributed by atoms with Crippen molar-refractivity contribution in [2.45, 2.75) is 39.8 Å². The van der Waals surface area contributed by atoms with Crippen molar-refractivity contribution in [1.29, 1.82) is 0 Å². The molecule has 0 aliphatic rings. The first kappa shape index (κ1) is 14.1. The highest BCUT2D eigenvalue weighted by atomic mass is 16.3. The van der Waals surface area contributed by atoms with Gasteiger partial charge in [0.05, 0.1) is 6.61 Å². The molecule has 1 aromatic carbocycles. The van der Waals surface area contributed by atoms with E-state index in [9.17, 15) is 5.11 Å². The molecule has 0 fully saturated rings. The molecule has 3 nitrogen and oxygen atoms in total. The Kier molecular flexibility index (Phi) is 4.61. The van der Waals surface area contributed by atoms with E-state index < -0.39 is 0 Å². The fourth-order valence-electron chi connectivity index (χ4n) is 2.37. The van der Waals surface area contributed by atoms with Crippen LogP contribution in [0.15, 0.2) is 28.7 Å². The summed E-state index contributed by atoms with van der Waals surface area (Å²) in [5.41, 5.74) is 2.17. The number of aliphatic hydroxyl groups is 1. The summed E-state index contributed by atoms with van der Waals surface area (Å²) >= 11 is 0. The van der Waals surface area contributed by atoms with Gasteiger partial charge in [0.1, 0.15) is 11.3 Å². The number of furan rings is 1. The van der Waals surface area contributed by atoms with Gasteiger partial charge in [-0.25, -0.2) is 0 Å². The zero-order chi connectivity index (χ0) is 13.8. The second-order valence-electron chi connectivity index (χ2n) is 5.27. The maximum absolute atomic E-state index is 9.38. The lowest BCUT2D eigenvalue weighted by atomic mass is 10.0. The molecule has 0 saturated heterocycles. The van der Waals surface area contributed by atoms with Gasteiger partial charge in [0.2, 0.25) is 0 Å². The molecule has 2 rings (SSSR count). The Morgan fingerprint density at radius 3 is 2.63 bits per heavy atom. The van der Waals surface area contributed by atoms with E-state index in [0.29, 0.717) is 5.92 Å². The Balaban J connectivity index is 2.23. The van der Waals surface area contributed by atoms with Gasteiger partial charge in [0, 0.05) is 30.0 Å². The number of nitrogens with one attached hydrogen (secondary N) is 1. The average molecular weight is 261 g/mol. The highest BCUT2D eigenvalue weighted by Crippen LogP contribution is 2.26. The van der Waals surface area contributed by atoms with Crippen LogP contribution < -0.4 is 5.32 Å². The van der Waals surface area contributed by atoms with Gasteiger partial charge in [-0.05, 0) is 12.0 Å². The van der Waals surface area contributed by atoms with Crippen LogP contribution in [0.2, 0.25) is 0 Å². The summed E-state index contributed by atoms with van der Waals surface area (Å²) in [5, 5.41) is 14.0. The number of para-hydroxylation sites is 1. The van der Waals surface area contributed by atoms with Crippen molar-refractivity contribution >= 4 is 11.0 Å². The van der Waals surface area contributed by atoms with Gasteiger partial charge < -0.3 is 14.8 Å². The lowest BCUT2D eigenvalue weighted by molar-refractivity contribution is 0.210. The first-order valence-corrected chi connectivity index (χ1v) is 7.00. The second kappa shape index (κ2) is 6.22. The second-order valence-corrected chi connectivity index (χ2v) is 5.27. The predicted octanol–water partition coefficient (Wildman–Crippen LogP) is 3.10. The quantitative estimate of drug-likeness (QED) is 0.840. The third-order valence-electron chi connectivity index (χ3n) is 3.65. The summed E-state index contributed by atoms with van der Waals surface area (Å²) in [6.45, 7) is 7.23. The Labute approximate surface area is 114 Å². The van der Waals surface area contributed by atoms with E-state index in [0.717, 1.165) is 24.3 Å². The maximum atomic E-state index is 9.38. The molecule has 0 aliphatic heterocycles. The topological polar surface area (TPSA) is 45.4 Å². The largest absolute Gasteiger partial charge is 0.461 e. The van der Waals surface area contributed by atoms with Crippen molar-refractivity contribution in [3.8, 4) is 0 Å². The molecule has 0 amide bonds. The Hall–Kier alpha value is -1.32. The van der Waals surface area contributed by atoms with Gasteiger partial charge >= 0.3 is 0 Å². The fraction of sp³-hybridized carbons (Fsp3) is 0.500. The lowest BCUT2D eigenvalue weighted by Crippen LogP contribution is -2.36. The molecule has 1 aromatic heterocycles.